The molecule has 3 aromatic rings. The number of carboxylic acid groups (broad SMARTS) is 5. The van der Waals surface area contributed by atoms with E-state index in [1.54, 1.807) is 66.9 Å². The molecule has 0 fully saturated rings. The summed E-state index contributed by atoms with van der Waals surface area (Å²) in [5, 5.41) is 99.0. The van der Waals surface area contributed by atoms with E-state index in [1.165, 1.54) is 24.3 Å². The molecule has 0 aromatic heterocycles. The molecule has 112 heavy (non-hydrogen) atoms. The number of thioether (sulfide) groups is 3. The molecule has 0 saturated heterocycles. The molecule has 0 aliphatic carbocycles. The van der Waals surface area contributed by atoms with E-state index >= 15 is 0 Å². The van der Waals surface area contributed by atoms with Crippen molar-refractivity contribution >= 4 is 153 Å². The Morgan fingerprint density at radius 2 is 0.866 bits per heavy atom. The summed E-state index contributed by atoms with van der Waals surface area (Å²) >= 11 is 2.67. The molecule has 614 valence electrons. The number of aromatic hydroxyl groups is 1. The summed E-state index contributed by atoms with van der Waals surface area (Å²) in [6.07, 6.45) is -4.72. The summed E-state index contributed by atoms with van der Waals surface area (Å²) in [6.45, 7) is 1.35. The van der Waals surface area contributed by atoms with Crippen molar-refractivity contribution in [2.24, 2.45) is 11.5 Å². The number of carbonyl (C=O) groups excluding carboxylic acids is 13. The number of anilines is 2. The van der Waals surface area contributed by atoms with Crippen molar-refractivity contribution in [3.05, 3.63) is 90.5 Å². The second kappa shape index (κ2) is 50.6. The normalized spacial score (nSPS) is 14.1. The number of benzene rings is 3. The molecule has 0 bridgehead atoms. The molecule has 0 radical (unpaired) electrons. The van der Waals surface area contributed by atoms with Crippen molar-refractivity contribution < 1.29 is 122 Å². The number of aliphatic hydroxyl groups excluding tert-OH is 1. The molecule has 40 nitrogen and oxygen atoms in total. The standard InChI is InChI=1S/C69H95N15O25S3/c1-36(73-62(101)44(25-27-110-3)78-64(103)47(29-56(94)95)76-51(87)31-72-61(100)46(28-38-17-19-41(86)20-18-38)81-68(107)58(37(2)85)84-60(99)42(71)21-23-54(90)91)59(98)80-48(30-57(96)97)65(104)82-50(33-112-35-53(89)75-40-14-8-5-9-15-40)67(106)83-49(32-111-34-52(88)74-39-12-6-4-7-13-39)66(105)77-43(22-24-55(92)93)63(102)79-45(69(108)109)16-10-11-26-70/h4-9,12-15,17-20,36-37,42-50,58,85-86H,10-11,16,21-35,70-71H2,1-3H3,(H,72,100)(H,73,101)(H,74,88)(H,75,89)(H,76,87)(H,77,105)(H,78,103)(H,79,102)(H,80,98)(H,81,107)(H,82,104)(H,83,106)(H,84,99)(H,90,91)(H,92,93)(H,94,95)(H,96,97)(H,108,109)/t36-,37+,42-,43-,44-,45-,46-,47-,48-,49-,50-,58-/m0/s1. The van der Waals surface area contributed by atoms with Gasteiger partial charge in [-0.1, -0.05) is 48.5 Å². The number of hydrogen-bond acceptors (Lipinski definition) is 25. The van der Waals surface area contributed by atoms with E-state index in [1.807, 2.05) is 0 Å². The van der Waals surface area contributed by atoms with Gasteiger partial charge in [0.25, 0.3) is 0 Å². The molecule has 0 unspecified atom stereocenters. The Morgan fingerprint density at radius 1 is 0.429 bits per heavy atom. The number of rotatable bonds is 53. The van der Waals surface area contributed by atoms with Crippen LogP contribution < -0.4 is 80.6 Å². The van der Waals surface area contributed by atoms with Crippen LogP contribution in [0.15, 0.2) is 84.9 Å². The molecule has 0 heterocycles. The summed E-state index contributed by atoms with van der Waals surface area (Å²) in [5.74, 6) is -23.8. The van der Waals surface area contributed by atoms with Crippen LogP contribution in [0.25, 0.3) is 0 Å². The van der Waals surface area contributed by atoms with Gasteiger partial charge in [-0.05, 0) is 113 Å². The van der Waals surface area contributed by atoms with Crippen LogP contribution in [-0.4, -0.2) is 263 Å². The fraction of sp³-hybridized carbons (Fsp3) is 0.478. The maximum Gasteiger partial charge on any atom is 0.326 e. The molecule has 3 rings (SSSR count). The van der Waals surface area contributed by atoms with Crippen LogP contribution >= 0.6 is 35.3 Å². The van der Waals surface area contributed by atoms with Crippen LogP contribution in [0.2, 0.25) is 0 Å². The number of amides is 13. The monoisotopic (exact) mass is 1630 g/mol. The highest BCUT2D eigenvalue weighted by Gasteiger charge is 2.37. The van der Waals surface area contributed by atoms with Gasteiger partial charge in [-0.2, -0.15) is 11.8 Å². The first-order valence-corrected chi connectivity index (χ1v) is 38.4. The van der Waals surface area contributed by atoms with Crippen molar-refractivity contribution in [1.29, 1.82) is 0 Å². The molecule has 3 aromatic carbocycles. The predicted octanol–water partition coefficient (Wildman–Crippen LogP) is -3.98. The Labute approximate surface area is 654 Å². The number of para-hydroxylation sites is 2. The third-order valence-corrected chi connectivity index (χ3v) is 18.5. The van der Waals surface area contributed by atoms with Gasteiger partial charge in [0.15, 0.2) is 0 Å². The minimum absolute atomic E-state index is 0.102. The maximum atomic E-state index is 14.7. The van der Waals surface area contributed by atoms with Crippen molar-refractivity contribution in [2.45, 2.75) is 157 Å². The van der Waals surface area contributed by atoms with E-state index < -0.39 is 235 Å². The van der Waals surface area contributed by atoms with Gasteiger partial charge in [0.1, 0.15) is 66.2 Å². The molecule has 0 aliphatic rings. The van der Waals surface area contributed by atoms with Gasteiger partial charge in [-0.3, -0.25) is 81.5 Å². The highest BCUT2D eigenvalue weighted by Crippen LogP contribution is 2.16. The van der Waals surface area contributed by atoms with Gasteiger partial charge in [0.05, 0.1) is 43.0 Å². The summed E-state index contributed by atoms with van der Waals surface area (Å²) in [5.41, 5.74) is 12.4. The molecule has 24 N–H and O–H groups in total. The summed E-state index contributed by atoms with van der Waals surface area (Å²) in [7, 11) is 0. The number of aliphatic hydroxyl groups is 1. The van der Waals surface area contributed by atoms with E-state index in [-0.39, 0.29) is 55.9 Å². The number of phenols is 1. The van der Waals surface area contributed by atoms with Gasteiger partial charge in [-0.15, -0.1) is 23.5 Å². The fourth-order valence-electron chi connectivity index (χ4n) is 9.89. The van der Waals surface area contributed by atoms with Crippen molar-refractivity contribution in [1.82, 2.24) is 58.5 Å². The minimum atomic E-state index is -2.12. The largest absolute Gasteiger partial charge is 0.508 e. The third kappa shape index (κ3) is 37.5. The van der Waals surface area contributed by atoms with Crippen LogP contribution in [0, 0.1) is 0 Å². The van der Waals surface area contributed by atoms with Crippen LogP contribution in [0.4, 0.5) is 11.4 Å². The lowest BCUT2D eigenvalue weighted by Crippen LogP contribution is -2.61. The Hall–Kier alpha value is -11.2. The zero-order valence-electron chi connectivity index (χ0n) is 61.1. The second-order valence-electron chi connectivity index (χ2n) is 25.0. The number of carbonyl (C=O) groups is 18. The Kier molecular flexibility index (Phi) is 42.9. The minimum Gasteiger partial charge on any atom is -0.508 e. The van der Waals surface area contributed by atoms with E-state index in [0.29, 0.717) is 23.4 Å². The van der Waals surface area contributed by atoms with Crippen LogP contribution in [-0.2, 0) is 92.7 Å². The first kappa shape index (κ1) is 95.1. The lowest BCUT2D eigenvalue weighted by Gasteiger charge is -2.27. The highest BCUT2D eigenvalue weighted by atomic mass is 32.2. The second-order valence-corrected chi connectivity index (χ2v) is 28.1. The van der Waals surface area contributed by atoms with Gasteiger partial charge in [-0.25, -0.2) is 4.79 Å². The number of aliphatic carboxylic acids is 5. The lowest BCUT2D eigenvalue weighted by molar-refractivity contribution is -0.143. The van der Waals surface area contributed by atoms with Crippen molar-refractivity contribution in [3.63, 3.8) is 0 Å². The summed E-state index contributed by atoms with van der Waals surface area (Å²) in [6, 6.07) is 2.10. The average Bonchev–Trinajstić information content (AvgIpc) is 0.859. The van der Waals surface area contributed by atoms with Gasteiger partial charge in [0.2, 0.25) is 76.8 Å². The van der Waals surface area contributed by atoms with Gasteiger partial charge >= 0.3 is 29.8 Å². The fourth-order valence-corrected chi connectivity index (χ4v) is 12.1. The molecule has 0 aliphatic heterocycles. The lowest BCUT2D eigenvalue weighted by atomic mass is 10.0. The Morgan fingerprint density at radius 3 is 1.34 bits per heavy atom. The third-order valence-electron chi connectivity index (χ3n) is 15.8. The van der Waals surface area contributed by atoms with Crippen LogP contribution in [0.1, 0.15) is 83.6 Å². The molecule has 12 atom stereocenters. The molecule has 0 saturated carbocycles. The molecule has 43 heteroatoms. The number of nitrogens with one attached hydrogen (secondary N) is 13. The first-order chi connectivity index (χ1) is 53.0. The topological polar surface area (TPSA) is 657 Å². The number of phenolic OH excluding ortho intramolecular Hbond substituents is 1. The van der Waals surface area contributed by atoms with E-state index in [2.05, 4.69) is 69.1 Å². The quantitative estimate of drug-likeness (QED) is 0.0240. The Bertz CT molecular complexity index is 3740. The zero-order valence-corrected chi connectivity index (χ0v) is 63.5. The summed E-state index contributed by atoms with van der Waals surface area (Å²) < 4.78 is 0. The van der Waals surface area contributed by atoms with Crippen molar-refractivity contribution in [3.8, 4) is 5.75 Å². The highest BCUT2D eigenvalue weighted by molar-refractivity contribution is 8.00. The number of nitrogens with two attached hydrogens (primary N) is 2. The zero-order chi connectivity index (χ0) is 83.6. The van der Waals surface area contributed by atoms with E-state index in [4.69, 9.17) is 16.6 Å². The molecule has 0 spiro atoms. The summed E-state index contributed by atoms with van der Waals surface area (Å²) in [4.78, 5) is 239. The molecule has 13 amide bonds. The number of carboxylic acids is 5. The van der Waals surface area contributed by atoms with Crippen LogP contribution in [0.3, 0.4) is 0 Å². The Balaban J connectivity index is 1.92. The first-order valence-electron chi connectivity index (χ1n) is 34.7. The molecular weight excluding hydrogens is 1540 g/mol. The SMILES string of the molecule is CSCC[C@H](NC(=O)[C@H](CC(=O)O)NC(=O)CNC(=O)[C@H](Cc1ccc(O)cc1)NC(=O)[C@@H](NC(=O)[C@@H](N)CCC(=O)O)[C@@H](C)O)C(=O)N[C@@H](C)C(=O)N[C@@H](CC(=O)O)C(=O)N[C@@H](CSCC(=O)Nc1ccccc1)C(=O)N[C@@H](CSCC(=O)Nc1ccccc1)C(=O)N[C@@H](CCC(=O)O)C(=O)N[C@@H](CCCCN)C(=O)O. The van der Waals surface area contributed by atoms with Crippen LogP contribution in [0.5, 0.6) is 5.75 Å². The molecular formula is C69H95N15O25S3. The number of hydrogen-bond donors (Lipinski definition) is 22. The number of unbranched alkanes of at least 4 members (excludes halogenated alkanes) is 1. The average molecular weight is 1630 g/mol. The maximum absolute atomic E-state index is 14.7. The van der Waals surface area contributed by atoms with E-state index in [9.17, 15) is 117 Å². The van der Waals surface area contributed by atoms with Crippen molar-refractivity contribution in [2.75, 3.05) is 58.7 Å². The smallest absolute Gasteiger partial charge is 0.326 e. The van der Waals surface area contributed by atoms with E-state index in [0.717, 1.165) is 49.1 Å². The predicted molar refractivity (Wildman–Crippen MR) is 406 cm³/mol. The van der Waals surface area contributed by atoms with Gasteiger partial charge < -0.3 is 116 Å². The van der Waals surface area contributed by atoms with Gasteiger partial charge in [0, 0.05) is 42.1 Å².